The highest BCUT2D eigenvalue weighted by Crippen LogP contribution is 2.30. The standard InChI is InChI=1S/C20H33NO2Si/c1-20(2,3)19(23-24(4)5)18(15-17-9-7-6-8-10-17)16-21-11-13-22-14-12-21/h6-10,15,19,24H,11-14,16H2,1-5H3. The smallest absolute Gasteiger partial charge is 0.171 e. The summed E-state index contributed by atoms with van der Waals surface area (Å²) in [5.74, 6) is 0. The molecule has 1 heterocycles. The Morgan fingerprint density at radius 2 is 1.83 bits per heavy atom. The summed E-state index contributed by atoms with van der Waals surface area (Å²) in [6.07, 6.45) is 2.49. The second kappa shape index (κ2) is 8.95. The summed E-state index contributed by atoms with van der Waals surface area (Å²) in [4.78, 5) is 2.49. The molecular weight excluding hydrogens is 314 g/mol. The largest absolute Gasteiger partial charge is 0.413 e. The number of hydrogen-bond donors (Lipinski definition) is 0. The highest BCUT2D eigenvalue weighted by molar-refractivity contribution is 6.48. The van der Waals surface area contributed by atoms with Crippen LogP contribution in [-0.4, -0.2) is 52.9 Å². The van der Waals surface area contributed by atoms with E-state index in [0.717, 1.165) is 32.8 Å². The molecule has 1 fully saturated rings. The Morgan fingerprint density at radius 1 is 1.21 bits per heavy atom. The van der Waals surface area contributed by atoms with Crippen LogP contribution in [0.4, 0.5) is 0 Å². The molecule has 0 aromatic heterocycles. The third-order valence-electron chi connectivity index (χ3n) is 4.19. The molecular formula is C20H33NO2Si. The molecule has 1 atom stereocenters. The van der Waals surface area contributed by atoms with Gasteiger partial charge in [0.15, 0.2) is 9.04 Å². The Hall–Kier alpha value is -0.943. The zero-order valence-electron chi connectivity index (χ0n) is 15.9. The van der Waals surface area contributed by atoms with E-state index in [2.05, 4.69) is 75.2 Å². The second-order valence-corrected chi connectivity index (χ2v) is 10.3. The summed E-state index contributed by atoms with van der Waals surface area (Å²) < 4.78 is 12.0. The lowest BCUT2D eigenvalue weighted by molar-refractivity contribution is 0.0362. The van der Waals surface area contributed by atoms with Gasteiger partial charge in [0, 0.05) is 19.6 Å². The summed E-state index contributed by atoms with van der Waals surface area (Å²) in [6.45, 7) is 16.0. The van der Waals surface area contributed by atoms with Gasteiger partial charge in [-0.2, -0.15) is 0 Å². The normalized spacial score (nSPS) is 18.8. The summed E-state index contributed by atoms with van der Waals surface area (Å²) >= 11 is 0. The van der Waals surface area contributed by atoms with Gasteiger partial charge in [-0.1, -0.05) is 57.2 Å². The molecule has 0 saturated carbocycles. The van der Waals surface area contributed by atoms with Gasteiger partial charge in [0.2, 0.25) is 0 Å². The number of morpholine rings is 1. The highest BCUT2D eigenvalue weighted by atomic mass is 28.3. The van der Waals surface area contributed by atoms with E-state index in [9.17, 15) is 0 Å². The van der Waals surface area contributed by atoms with E-state index in [4.69, 9.17) is 9.16 Å². The fraction of sp³-hybridized carbons (Fsp3) is 0.600. The Bertz CT molecular complexity index is 516. The van der Waals surface area contributed by atoms with Gasteiger partial charge in [0.1, 0.15) is 0 Å². The van der Waals surface area contributed by atoms with Crippen molar-refractivity contribution in [1.82, 2.24) is 4.90 Å². The maximum Gasteiger partial charge on any atom is 0.171 e. The van der Waals surface area contributed by atoms with Crippen LogP contribution in [0.3, 0.4) is 0 Å². The van der Waals surface area contributed by atoms with Crippen LogP contribution in [0.5, 0.6) is 0 Å². The molecule has 0 amide bonds. The first-order valence-corrected chi connectivity index (χ1v) is 11.9. The molecule has 1 aromatic carbocycles. The van der Waals surface area contributed by atoms with Crippen LogP contribution in [0.25, 0.3) is 6.08 Å². The van der Waals surface area contributed by atoms with E-state index in [0.29, 0.717) is 0 Å². The van der Waals surface area contributed by atoms with Crippen molar-refractivity contribution in [1.29, 1.82) is 0 Å². The van der Waals surface area contributed by atoms with Crippen molar-refractivity contribution in [3.8, 4) is 0 Å². The van der Waals surface area contributed by atoms with Crippen molar-refractivity contribution in [3.05, 3.63) is 41.5 Å². The summed E-state index contributed by atoms with van der Waals surface area (Å²) in [5, 5.41) is 0. The average Bonchev–Trinajstić information content (AvgIpc) is 2.53. The molecule has 4 heteroatoms. The SMILES string of the molecule is C[SiH](C)OC(C(=Cc1ccccc1)CN1CCOCC1)C(C)(C)C. The maximum absolute atomic E-state index is 6.50. The Morgan fingerprint density at radius 3 is 2.38 bits per heavy atom. The lowest BCUT2D eigenvalue weighted by atomic mass is 9.83. The molecule has 1 saturated heterocycles. The lowest BCUT2D eigenvalue weighted by Gasteiger charge is -2.37. The molecule has 24 heavy (non-hydrogen) atoms. The van der Waals surface area contributed by atoms with Crippen molar-refractivity contribution < 1.29 is 9.16 Å². The zero-order chi connectivity index (χ0) is 17.6. The number of nitrogens with zero attached hydrogens (tertiary/aromatic N) is 1. The molecule has 1 aromatic rings. The van der Waals surface area contributed by atoms with Crippen LogP contribution < -0.4 is 0 Å². The minimum absolute atomic E-state index is 0.0875. The van der Waals surface area contributed by atoms with E-state index in [-0.39, 0.29) is 11.5 Å². The molecule has 2 rings (SSSR count). The van der Waals surface area contributed by atoms with Crippen LogP contribution in [0.2, 0.25) is 13.1 Å². The predicted octanol–water partition coefficient (Wildman–Crippen LogP) is 3.82. The van der Waals surface area contributed by atoms with Gasteiger partial charge in [0.25, 0.3) is 0 Å². The monoisotopic (exact) mass is 347 g/mol. The Labute approximate surface area is 149 Å². The van der Waals surface area contributed by atoms with Gasteiger partial charge < -0.3 is 9.16 Å². The topological polar surface area (TPSA) is 21.7 Å². The Balaban J connectivity index is 2.30. The molecule has 0 radical (unpaired) electrons. The van der Waals surface area contributed by atoms with Gasteiger partial charge in [0.05, 0.1) is 19.3 Å². The third-order valence-corrected chi connectivity index (χ3v) is 5.01. The minimum Gasteiger partial charge on any atom is -0.413 e. The summed E-state index contributed by atoms with van der Waals surface area (Å²) in [7, 11) is -1.13. The van der Waals surface area contributed by atoms with Crippen molar-refractivity contribution >= 4 is 15.1 Å². The van der Waals surface area contributed by atoms with E-state index in [1.165, 1.54) is 11.1 Å². The molecule has 1 aliphatic heterocycles. The molecule has 3 nitrogen and oxygen atoms in total. The maximum atomic E-state index is 6.50. The predicted molar refractivity (Wildman–Crippen MR) is 105 cm³/mol. The summed E-state index contributed by atoms with van der Waals surface area (Å²) in [5.41, 5.74) is 2.73. The quantitative estimate of drug-likeness (QED) is 0.730. The van der Waals surface area contributed by atoms with E-state index < -0.39 is 9.04 Å². The van der Waals surface area contributed by atoms with Gasteiger partial charge in [-0.15, -0.1) is 0 Å². The van der Waals surface area contributed by atoms with Gasteiger partial charge in [-0.05, 0) is 29.6 Å². The molecule has 0 aliphatic carbocycles. The van der Waals surface area contributed by atoms with Crippen molar-refractivity contribution in [3.63, 3.8) is 0 Å². The van der Waals surface area contributed by atoms with Crippen LogP contribution in [0, 0.1) is 5.41 Å². The van der Waals surface area contributed by atoms with Gasteiger partial charge in [-0.3, -0.25) is 4.90 Å². The summed E-state index contributed by atoms with van der Waals surface area (Å²) in [6, 6.07) is 10.6. The first kappa shape index (κ1) is 19.4. The van der Waals surface area contributed by atoms with Crippen LogP contribution in [0.15, 0.2) is 35.9 Å². The molecule has 0 spiro atoms. The minimum atomic E-state index is -1.13. The van der Waals surface area contributed by atoms with Crippen LogP contribution >= 0.6 is 0 Å². The van der Waals surface area contributed by atoms with Crippen molar-refractivity contribution in [2.75, 3.05) is 32.8 Å². The lowest BCUT2D eigenvalue weighted by Crippen LogP contribution is -2.42. The van der Waals surface area contributed by atoms with E-state index >= 15 is 0 Å². The fourth-order valence-corrected chi connectivity index (χ4v) is 4.23. The van der Waals surface area contributed by atoms with E-state index in [1.807, 2.05) is 0 Å². The first-order valence-electron chi connectivity index (χ1n) is 9.07. The number of ether oxygens (including phenoxy) is 1. The number of rotatable bonds is 6. The zero-order valence-corrected chi connectivity index (χ0v) is 17.1. The van der Waals surface area contributed by atoms with Crippen molar-refractivity contribution in [2.24, 2.45) is 5.41 Å². The molecule has 1 aliphatic rings. The molecule has 1 unspecified atom stereocenters. The number of benzene rings is 1. The van der Waals surface area contributed by atoms with E-state index in [1.54, 1.807) is 0 Å². The highest BCUT2D eigenvalue weighted by Gasteiger charge is 2.30. The van der Waals surface area contributed by atoms with Crippen molar-refractivity contribution in [2.45, 2.75) is 40.0 Å². The molecule has 0 N–H and O–H groups in total. The van der Waals surface area contributed by atoms with Gasteiger partial charge in [-0.25, -0.2) is 0 Å². The molecule has 0 bridgehead atoms. The number of hydrogen-bond acceptors (Lipinski definition) is 3. The third kappa shape index (κ3) is 6.17. The average molecular weight is 348 g/mol. The first-order chi connectivity index (χ1) is 11.4. The molecule has 134 valence electrons. The van der Waals surface area contributed by atoms with Gasteiger partial charge >= 0.3 is 0 Å². The fourth-order valence-electron chi connectivity index (χ4n) is 3.10. The van der Waals surface area contributed by atoms with Crippen LogP contribution in [-0.2, 0) is 9.16 Å². The van der Waals surface area contributed by atoms with Crippen LogP contribution in [0.1, 0.15) is 26.3 Å². The second-order valence-electron chi connectivity index (χ2n) is 7.95. The Kier molecular flexibility index (Phi) is 7.23.